The summed E-state index contributed by atoms with van der Waals surface area (Å²) >= 11 is 0. The topological polar surface area (TPSA) is 73.0 Å². The van der Waals surface area contributed by atoms with Gasteiger partial charge in [-0.1, -0.05) is 0 Å². The fourth-order valence-corrected chi connectivity index (χ4v) is 3.43. The molecule has 0 spiro atoms. The third kappa shape index (κ3) is 5.61. The maximum Gasteiger partial charge on any atom is 0.237 e. The molecule has 0 aliphatic carbocycles. The SMILES string of the molecule is CNC(=O)C(CCC=O)N(C)Cc1cc(N2CCN(C)CC2)ccc1C=O. The zero-order valence-corrected chi connectivity index (χ0v) is 16.5. The Labute approximate surface area is 161 Å². The van der Waals surface area contributed by atoms with Crippen molar-refractivity contribution in [3.8, 4) is 0 Å². The summed E-state index contributed by atoms with van der Waals surface area (Å²) in [6.45, 7) is 4.38. The number of hydrogen-bond acceptors (Lipinski definition) is 6. The zero-order valence-electron chi connectivity index (χ0n) is 16.5. The van der Waals surface area contributed by atoms with Gasteiger partial charge in [-0.15, -0.1) is 0 Å². The minimum atomic E-state index is -0.410. The number of nitrogens with zero attached hydrogens (tertiary/aromatic N) is 3. The molecule has 1 aromatic rings. The Balaban J connectivity index is 2.19. The number of carbonyl (C=O) groups is 3. The standard InChI is InChI=1S/C20H30N4O3/c1-21-20(27)19(5-4-12-25)23(3)14-17-13-18(7-6-16(17)15-26)24-10-8-22(2)9-11-24/h6-7,12-13,15,19H,4-5,8-11,14H2,1-3H3,(H,21,27). The number of rotatable bonds is 9. The molecule has 148 valence electrons. The Morgan fingerprint density at radius 1 is 1.26 bits per heavy atom. The van der Waals surface area contributed by atoms with Crippen LogP contribution in [0.3, 0.4) is 0 Å². The van der Waals surface area contributed by atoms with E-state index in [4.69, 9.17) is 0 Å². The summed E-state index contributed by atoms with van der Waals surface area (Å²) in [6.07, 6.45) is 2.46. The molecule has 1 aliphatic heterocycles. The van der Waals surface area contributed by atoms with Gasteiger partial charge >= 0.3 is 0 Å². The van der Waals surface area contributed by atoms with E-state index >= 15 is 0 Å². The second kappa shape index (κ2) is 10.2. The molecule has 1 N–H and O–H groups in total. The van der Waals surface area contributed by atoms with Crippen LogP contribution in [0.2, 0.25) is 0 Å². The normalized spacial score (nSPS) is 16.2. The van der Waals surface area contributed by atoms with E-state index in [-0.39, 0.29) is 5.91 Å². The molecule has 27 heavy (non-hydrogen) atoms. The number of carbonyl (C=O) groups excluding carboxylic acids is 3. The molecule has 0 radical (unpaired) electrons. The quantitative estimate of drug-likeness (QED) is 0.644. The number of nitrogens with one attached hydrogen (secondary N) is 1. The zero-order chi connectivity index (χ0) is 19.8. The summed E-state index contributed by atoms with van der Waals surface area (Å²) in [5.41, 5.74) is 2.62. The second-order valence-electron chi connectivity index (χ2n) is 7.08. The lowest BCUT2D eigenvalue weighted by Crippen LogP contribution is -2.45. The maximum absolute atomic E-state index is 12.2. The van der Waals surface area contributed by atoms with Gasteiger partial charge < -0.3 is 19.9 Å². The summed E-state index contributed by atoms with van der Waals surface area (Å²) in [5, 5.41) is 2.66. The van der Waals surface area contributed by atoms with Crippen LogP contribution >= 0.6 is 0 Å². The molecule has 7 heteroatoms. The van der Waals surface area contributed by atoms with Crippen molar-refractivity contribution < 1.29 is 14.4 Å². The van der Waals surface area contributed by atoms with E-state index in [0.717, 1.165) is 50.0 Å². The van der Waals surface area contributed by atoms with Gasteiger partial charge in [-0.3, -0.25) is 14.5 Å². The van der Waals surface area contributed by atoms with Crippen molar-refractivity contribution in [2.24, 2.45) is 0 Å². The first-order valence-electron chi connectivity index (χ1n) is 9.37. The van der Waals surface area contributed by atoms with Gasteiger partial charge in [0.2, 0.25) is 5.91 Å². The van der Waals surface area contributed by atoms with Crippen LogP contribution in [0.5, 0.6) is 0 Å². The van der Waals surface area contributed by atoms with E-state index < -0.39 is 6.04 Å². The molecule has 2 rings (SSSR count). The molecule has 0 saturated carbocycles. The number of likely N-dealkylation sites (N-methyl/N-ethyl adjacent to an activating group) is 3. The lowest BCUT2D eigenvalue weighted by atomic mass is 10.0. The monoisotopic (exact) mass is 374 g/mol. The molecular formula is C20H30N4O3. The van der Waals surface area contributed by atoms with Crippen LogP contribution in [-0.4, -0.2) is 81.6 Å². The molecule has 1 amide bonds. The predicted octanol–water partition coefficient (Wildman–Crippen LogP) is 0.776. The van der Waals surface area contributed by atoms with Crippen LogP contribution in [0.15, 0.2) is 18.2 Å². The van der Waals surface area contributed by atoms with Gasteiger partial charge in [-0.2, -0.15) is 0 Å². The van der Waals surface area contributed by atoms with Gasteiger partial charge in [0, 0.05) is 57.4 Å². The summed E-state index contributed by atoms with van der Waals surface area (Å²) < 4.78 is 0. The van der Waals surface area contributed by atoms with Crippen molar-refractivity contribution in [3.05, 3.63) is 29.3 Å². The number of hydrogen-bond donors (Lipinski definition) is 1. The maximum atomic E-state index is 12.2. The number of benzene rings is 1. The van der Waals surface area contributed by atoms with Crippen molar-refractivity contribution in [2.45, 2.75) is 25.4 Å². The van der Waals surface area contributed by atoms with Crippen molar-refractivity contribution >= 4 is 24.2 Å². The fraction of sp³-hybridized carbons (Fsp3) is 0.550. The minimum absolute atomic E-state index is 0.123. The lowest BCUT2D eigenvalue weighted by Gasteiger charge is -2.34. The first-order valence-corrected chi connectivity index (χ1v) is 9.37. The smallest absolute Gasteiger partial charge is 0.237 e. The highest BCUT2D eigenvalue weighted by molar-refractivity contribution is 5.82. The molecule has 1 atom stereocenters. The van der Waals surface area contributed by atoms with E-state index in [1.165, 1.54) is 0 Å². The highest BCUT2D eigenvalue weighted by atomic mass is 16.2. The number of aldehydes is 2. The van der Waals surface area contributed by atoms with Crippen LogP contribution in [0.4, 0.5) is 5.69 Å². The summed E-state index contributed by atoms with van der Waals surface area (Å²) in [6, 6.07) is 5.48. The van der Waals surface area contributed by atoms with E-state index in [2.05, 4.69) is 22.2 Å². The lowest BCUT2D eigenvalue weighted by molar-refractivity contribution is -0.126. The first-order chi connectivity index (χ1) is 13.0. The van der Waals surface area contributed by atoms with Crippen LogP contribution in [0.25, 0.3) is 0 Å². The average molecular weight is 374 g/mol. The first kappa shape index (κ1) is 21.1. The van der Waals surface area contributed by atoms with Gasteiger partial charge in [-0.05, 0) is 44.3 Å². The third-order valence-electron chi connectivity index (χ3n) is 5.18. The van der Waals surface area contributed by atoms with Crippen molar-refractivity contribution in [1.82, 2.24) is 15.1 Å². The van der Waals surface area contributed by atoms with Gasteiger partial charge in [0.25, 0.3) is 0 Å². The Hall–Kier alpha value is -2.25. The van der Waals surface area contributed by atoms with Crippen LogP contribution in [0.1, 0.15) is 28.8 Å². The number of piperazine rings is 1. The molecule has 1 unspecified atom stereocenters. The molecule has 0 bridgehead atoms. The van der Waals surface area contributed by atoms with Crippen molar-refractivity contribution in [1.29, 1.82) is 0 Å². The van der Waals surface area contributed by atoms with Crippen molar-refractivity contribution in [3.63, 3.8) is 0 Å². The molecule has 7 nitrogen and oxygen atoms in total. The molecule has 1 aromatic carbocycles. The van der Waals surface area contributed by atoms with E-state index in [0.29, 0.717) is 24.9 Å². The van der Waals surface area contributed by atoms with Gasteiger partial charge in [0.05, 0.1) is 6.04 Å². The molecule has 1 fully saturated rings. The van der Waals surface area contributed by atoms with Crippen LogP contribution in [-0.2, 0) is 16.1 Å². The predicted molar refractivity (Wildman–Crippen MR) is 106 cm³/mol. The average Bonchev–Trinajstić information content (AvgIpc) is 2.68. The minimum Gasteiger partial charge on any atom is -0.369 e. The van der Waals surface area contributed by atoms with Crippen molar-refractivity contribution in [2.75, 3.05) is 52.2 Å². The molecule has 1 heterocycles. The Morgan fingerprint density at radius 2 is 1.96 bits per heavy atom. The second-order valence-corrected chi connectivity index (χ2v) is 7.08. The van der Waals surface area contributed by atoms with Crippen LogP contribution < -0.4 is 10.2 Å². The van der Waals surface area contributed by atoms with Crippen LogP contribution in [0, 0.1) is 0 Å². The Morgan fingerprint density at radius 3 is 2.56 bits per heavy atom. The van der Waals surface area contributed by atoms with E-state index in [1.54, 1.807) is 7.05 Å². The van der Waals surface area contributed by atoms with E-state index in [1.807, 2.05) is 30.1 Å². The van der Waals surface area contributed by atoms with Gasteiger partial charge in [0.15, 0.2) is 0 Å². The molecular weight excluding hydrogens is 344 g/mol. The number of amides is 1. The fourth-order valence-electron chi connectivity index (χ4n) is 3.43. The van der Waals surface area contributed by atoms with Gasteiger partial charge in [0.1, 0.15) is 12.6 Å². The third-order valence-corrected chi connectivity index (χ3v) is 5.18. The summed E-state index contributed by atoms with van der Waals surface area (Å²) in [7, 11) is 5.56. The highest BCUT2D eigenvalue weighted by Crippen LogP contribution is 2.22. The Kier molecular flexibility index (Phi) is 7.94. The molecule has 1 saturated heterocycles. The van der Waals surface area contributed by atoms with E-state index in [9.17, 15) is 14.4 Å². The van der Waals surface area contributed by atoms with Gasteiger partial charge in [-0.25, -0.2) is 0 Å². The molecule has 0 aromatic heterocycles. The molecule has 1 aliphatic rings. The summed E-state index contributed by atoms with van der Waals surface area (Å²) in [5.74, 6) is -0.123. The highest BCUT2D eigenvalue weighted by Gasteiger charge is 2.23. The largest absolute Gasteiger partial charge is 0.369 e. The Bertz CT molecular complexity index is 657. The number of anilines is 1. The summed E-state index contributed by atoms with van der Waals surface area (Å²) in [4.78, 5) is 41.0.